The highest BCUT2D eigenvalue weighted by atomic mass is 15.3. The first-order valence-corrected chi connectivity index (χ1v) is 9.32. The first-order valence-electron chi connectivity index (χ1n) is 9.32. The highest BCUT2D eigenvalue weighted by Crippen LogP contribution is 2.18. The van der Waals surface area contributed by atoms with Crippen LogP contribution in [0.2, 0.25) is 0 Å². The largest absolute Gasteiger partial charge is 0.352 e. The molecule has 1 saturated heterocycles. The quantitative estimate of drug-likeness (QED) is 0.612. The lowest BCUT2D eigenvalue weighted by atomic mass is 10.1. The van der Waals surface area contributed by atoms with E-state index in [9.17, 15) is 0 Å². The lowest BCUT2D eigenvalue weighted by Gasteiger charge is -2.22. The first-order chi connectivity index (χ1) is 11.9. The highest BCUT2D eigenvalue weighted by molar-refractivity contribution is 5.80. The summed E-state index contributed by atoms with van der Waals surface area (Å²) in [6, 6.07) is 9.79. The number of benzene rings is 1. The van der Waals surface area contributed by atoms with E-state index in [0.717, 1.165) is 32.1 Å². The van der Waals surface area contributed by atoms with Crippen LogP contribution in [0.1, 0.15) is 31.9 Å². The predicted molar refractivity (Wildman–Crippen MR) is 107 cm³/mol. The van der Waals surface area contributed by atoms with Crippen LogP contribution in [0.25, 0.3) is 0 Å². The number of guanidine groups is 1. The molecular formula is C20H35N5. The summed E-state index contributed by atoms with van der Waals surface area (Å²) in [7, 11) is 6.04. The Kier molecular flexibility index (Phi) is 7.26. The number of hydrogen-bond acceptors (Lipinski definition) is 3. The Balaban J connectivity index is 1.89. The molecular weight excluding hydrogens is 310 g/mol. The van der Waals surface area contributed by atoms with Gasteiger partial charge in [0.2, 0.25) is 0 Å². The second-order valence-corrected chi connectivity index (χ2v) is 7.76. The van der Waals surface area contributed by atoms with Gasteiger partial charge in [-0.2, -0.15) is 0 Å². The van der Waals surface area contributed by atoms with Crippen LogP contribution in [0.4, 0.5) is 0 Å². The zero-order valence-corrected chi connectivity index (χ0v) is 16.7. The third-order valence-corrected chi connectivity index (χ3v) is 4.87. The Morgan fingerprint density at radius 2 is 2.00 bits per heavy atom. The number of hydrogen-bond donors (Lipinski definition) is 2. The summed E-state index contributed by atoms with van der Waals surface area (Å²) in [6.07, 6.45) is 0. The van der Waals surface area contributed by atoms with Crippen molar-refractivity contribution in [1.29, 1.82) is 0 Å². The lowest BCUT2D eigenvalue weighted by molar-refractivity contribution is 0.265. The molecule has 1 fully saturated rings. The van der Waals surface area contributed by atoms with Crippen LogP contribution in [0.3, 0.4) is 0 Å². The summed E-state index contributed by atoms with van der Waals surface area (Å²) in [6.45, 7) is 10.8. The molecule has 0 radical (unpaired) electrons. The molecule has 0 bridgehead atoms. The van der Waals surface area contributed by atoms with E-state index in [1.54, 1.807) is 0 Å². The Labute approximate surface area is 153 Å². The van der Waals surface area contributed by atoms with Crippen molar-refractivity contribution in [3.63, 3.8) is 0 Å². The molecule has 0 saturated carbocycles. The minimum absolute atomic E-state index is 0.452. The number of nitrogens with one attached hydrogen (secondary N) is 2. The van der Waals surface area contributed by atoms with Crippen LogP contribution in [0.15, 0.2) is 29.3 Å². The fourth-order valence-electron chi connectivity index (χ4n) is 3.37. The second kappa shape index (κ2) is 9.20. The van der Waals surface area contributed by atoms with Crippen LogP contribution < -0.4 is 10.6 Å². The van der Waals surface area contributed by atoms with Gasteiger partial charge in [0.15, 0.2) is 5.96 Å². The minimum atomic E-state index is 0.452. The summed E-state index contributed by atoms with van der Waals surface area (Å²) in [5.74, 6) is 1.52. The van der Waals surface area contributed by atoms with Crippen LogP contribution in [0.5, 0.6) is 0 Å². The molecule has 2 rings (SSSR count). The molecule has 2 atom stereocenters. The Bertz CT molecular complexity index is 567. The van der Waals surface area contributed by atoms with E-state index in [4.69, 9.17) is 0 Å². The number of aliphatic imine (C=N–C) groups is 1. The minimum Gasteiger partial charge on any atom is -0.352 e. The number of rotatable bonds is 6. The smallest absolute Gasteiger partial charge is 0.191 e. The topological polar surface area (TPSA) is 42.9 Å². The van der Waals surface area contributed by atoms with Gasteiger partial charge in [-0.25, -0.2) is 0 Å². The van der Waals surface area contributed by atoms with E-state index in [1.807, 2.05) is 7.05 Å². The zero-order valence-electron chi connectivity index (χ0n) is 16.7. The molecule has 0 spiro atoms. The van der Waals surface area contributed by atoms with Crippen molar-refractivity contribution in [1.82, 2.24) is 20.4 Å². The van der Waals surface area contributed by atoms with E-state index in [-0.39, 0.29) is 0 Å². The maximum Gasteiger partial charge on any atom is 0.191 e. The fourth-order valence-corrected chi connectivity index (χ4v) is 3.37. The molecule has 140 valence electrons. The third kappa shape index (κ3) is 6.01. The Morgan fingerprint density at radius 3 is 2.60 bits per heavy atom. The fraction of sp³-hybridized carbons (Fsp3) is 0.650. The third-order valence-electron chi connectivity index (χ3n) is 4.87. The van der Waals surface area contributed by atoms with E-state index < -0.39 is 0 Å². The maximum absolute atomic E-state index is 4.41. The van der Waals surface area contributed by atoms with Crippen molar-refractivity contribution < 1.29 is 0 Å². The highest BCUT2D eigenvalue weighted by Gasteiger charge is 2.31. The number of likely N-dealkylation sites (tertiary alicyclic amines) is 1. The molecule has 5 heteroatoms. The van der Waals surface area contributed by atoms with E-state index in [2.05, 4.69) is 84.6 Å². The second-order valence-electron chi connectivity index (χ2n) is 7.76. The molecule has 1 aliphatic heterocycles. The first kappa shape index (κ1) is 19.7. The molecule has 5 nitrogen and oxygen atoms in total. The van der Waals surface area contributed by atoms with Gasteiger partial charge in [0, 0.05) is 45.3 Å². The van der Waals surface area contributed by atoms with Crippen molar-refractivity contribution in [2.45, 2.75) is 45.9 Å². The SMILES string of the molecule is CN=C(NCc1cccc(CN(C)C)c1)NC1CN(C(C)C)CC1C. The summed E-state index contributed by atoms with van der Waals surface area (Å²) in [4.78, 5) is 9.13. The van der Waals surface area contributed by atoms with Gasteiger partial charge >= 0.3 is 0 Å². The molecule has 1 aromatic rings. The zero-order chi connectivity index (χ0) is 18.4. The molecule has 25 heavy (non-hydrogen) atoms. The van der Waals surface area contributed by atoms with Gasteiger partial charge in [-0.15, -0.1) is 0 Å². The average molecular weight is 346 g/mol. The summed E-state index contributed by atoms with van der Waals surface area (Å²) in [5.41, 5.74) is 2.62. The molecule has 0 aromatic heterocycles. The van der Waals surface area contributed by atoms with Gasteiger partial charge in [-0.1, -0.05) is 31.2 Å². The maximum atomic E-state index is 4.41. The van der Waals surface area contributed by atoms with Crippen molar-refractivity contribution in [2.75, 3.05) is 34.2 Å². The van der Waals surface area contributed by atoms with Crippen molar-refractivity contribution in [2.24, 2.45) is 10.9 Å². The molecule has 1 heterocycles. The van der Waals surface area contributed by atoms with Gasteiger partial charge in [0.1, 0.15) is 0 Å². The summed E-state index contributed by atoms with van der Waals surface area (Å²) >= 11 is 0. The summed E-state index contributed by atoms with van der Waals surface area (Å²) in [5, 5.41) is 7.07. The standard InChI is InChI=1S/C20H35N5/c1-15(2)25-12-16(3)19(14-25)23-20(21-4)22-11-17-8-7-9-18(10-17)13-24(5)6/h7-10,15-16,19H,11-14H2,1-6H3,(H2,21,22,23). The van der Waals surface area contributed by atoms with Gasteiger partial charge in [-0.05, 0) is 45.0 Å². The normalized spacial score (nSPS) is 22.0. The van der Waals surface area contributed by atoms with E-state index >= 15 is 0 Å². The molecule has 2 N–H and O–H groups in total. The van der Waals surface area contributed by atoms with Gasteiger partial charge in [-0.3, -0.25) is 9.89 Å². The average Bonchev–Trinajstić information content (AvgIpc) is 2.92. The van der Waals surface area contributed by atoms with Crippen molar-refractivity contribution >= 4 is 5.96 Å². The van der Waals surface area contributed by atoms with Gasteiger partial charge < -0.3 is 15.5 Å². The molecule has 1 aromatic carbocycles. The lowest BCUT2D eigenvalue weighted by Crippen LogP contribution is -2.46. The van der Waals surface area contributed by atoms with Crippen molar-refractivity contribution in [3.05, 3.63) is 35.4 Å². The molecule has 0 amide bonds. The molecule has 1 aliphatic rings. The van der Waals surface area contributed by atoms with E-state index in [0.29, 0.717) is 18.0 Å². The predicted octanol–water partition coefficient (Wildman–Crippen LogP) is 2.14. The number of nitrogens with zero attached hydrogens (tertiary/aromatic N) is 3. The van der Waals surface area contributed by atoms with Crippen LogP contribution >= 0.6 is 0 Å². The Morgan fingerprint density at radius 1 is 1.28 bits per heavy atom. The van der Waals surface area contributed by atoms with E-state index in [1.165, 1.54) is 11.1 Å². The summed E-state index contributed by atoms with van der Waals surface area (Å²) < 4.78 is 0. The monoisotopic (exact) mass is 345 g/mol. The van der Waals surface area contributed by atoms with Crippen LogP contribution in [-0.4, -0.2) is 62.1 Å². The molecule has 0 aliphatic carbocycles. The van der Waals surface area contributed by atoms with Crippen LogP contribution in [-0.2, 0) is 13.1 Å². The molecule has 2 unspecified atom stereocenters. The van der Waals surface area contributed by atoms with Gasteiger partial charge in [0.25, 0.3) is 0 Å². The Hall–Kier alpha value is -1.59. The van der Waals surface area contributed by atoms with Crippen LogP contribution in [0, 0.1) is 5.92 Å². The van der Waals surface area contributed by atoms with Gasteiger partial charge in [0.05, 0.1) is 0 Å². The van der Waals surface area contributed by atoms with Crippen molar-refractivity contribution in [3.8, 4) is 0 Å².